The minimum absolute atomic E-state index is 0.156. The molecule has 0 atom stereocenters. The van der Waals surface area contributed by atoms with Gasteiger partial charge in [0, 0.05) is 0 Å². The van der Waals surface area contributed by atoms with E-state index in [0.29, 0.717) is 0 Å². The van der Waals surface area contributed by atoms with Gasteiger partial charge in [0.1, 0.15) is 5.60 Å². The van der Waals surface area contributed by atoms with Crippen molar-refractivity contribution < 1.29 is 4.84 Å². The Hall–Kier alpha value is -0.530. The number of nitrogens with zero attached hydrogens (tertiary/aromatic N) is 1. The molecule has 2 heteroatoms. The van der Waals surface area contributed by atoms with Gasteiger partial charge in [0.25, 0.3) is 0 Å². The average molecular weight is 143 g/mol. The van der Waals surface area contributed by atoms with Crippen LogP contribution in [0, 0.1) is 0 Å². The van der Waals surface area contributed by atoms with E-state index in [1.165, 1.54) is 0 Å². The van der Waals surface area contributed by atoms with E-state index in [4.69, 9.17) is 4.84 Å². The van der Waals surface area contributed by atoms with Crippen molar-refractivity contribution in [2.45, 2.75) is 46.6 Å². The molecule has 0 aliphatic heterocycles. The molecule has 0 amide bonds. The first kappa shape index (κ1) is 9.47. The number of oxime groups is 1. The Morgan fingerprint density at radius 1 is 1.40 bits per heavy atom. The highest BCUT2D eigenvalue weighted by atomic mass is 16.6. The molecule has 0 fully saturated rings. The topological polar surface area (TPSA) is 21.6 Å². The standard InChI is InChI=1S/C8H17NO/c1-6-7(2)9-10-8(3,4)5/h6H2,1-5H3. The van der Waals surface area contributed by atoms with Crippen molar-refractivity contribution >= 4 is 5.71 Å². The first-order chi connectivity index (χ1) is 4.45. The van der Waals surface area contributed by atoms with Crippen LogP contribution in [0.15, 0.2) is 5.16 Å². The Morgan fingerprint density at radius 3 is 2.20 bits per heavy atom. The van der Waals surface area contributed by atoms with E-state index in [0.717, 1.165) is 12.1 Å². The van der Waals surface area contributed by atoms with Gasteiger partial charge in [0.15, 0.2) is 0 Å². The van der Waals surface area contributed by atoms with Gasteiger partial charge in [-0.15, -0.1) is 0 Å². The van der Waals surface area contributed by atoms with Crippen molar-refractivity contribution in [3.05, 3.63) is 0 Å². The highest BCUT2D eigenvalue weighted by Gasteiger charge is 2.09. The third-order valence-electron chi connectivity index (χ3n) is 0.987. The molecule has 0 radical (unpaired) electrons. The highest BCUT2D eigenvalue weighted by Crippen LogP contribution is 2.07. The molecule has 0 aromatic rings. The Bertz CT molecular complexity index is 122. The van der Waals surface area contributed by atoms with Crippen molar-refractivity contribution in [2.75, 3.05) is 0 Å². The fourth-order valence-corrected chi connectivity index (χ4v) is 0.279. The van der Waals surface area contributed by atoms with E-state index in [2.05, 4.69) is 12.1 Å². The maximum absolute atomic E-state index is 5.17. The smallest absolute Gasteiger partial charge is 0.129 e. The predicted octanol–water partition coefficient (Wildman–Crippen LogP) is 2.59. The fourth-order valence-electron chi connectivity index (χ4n) is 0.279. The molecule has 0 spiro atoms. The van der Waals surface area contributed by atoms with Gasteiger partial charge in [0.2, 0.25) is 0 Å². The number of rotatable bonds is 2. The number of hydrogen-bond donors (Lipinski definition) is 0. The van der Waals surface area contributed by atoms with Crippen molar-refractivity contribution in [3.63, 3.8) is 0 Å². The molecule has 0 saturated heterocycles. The molecule has 0 rings (SSSR count). The van der Waals surface area contributed by atoms with Gasteiger partial charge in [0.05, 0.1) is 5.71 Å². The minimum Gasteiger partial charge on any atom is -0.390 e. The zero-order chi connectivity index (χ0) is 8.20. The van der Waals surface area contributed by atoms with E-state index in [1.807, 2.05) is 27.7 Å². The summed E-state index contributed by atoms with van der Waals surface area (Å²) in [6, 6.07) is 0. The normalized spacial score (nSPS) is 13.5. The first-order valence-electron chi connectivity index (χ1n) is 3.67. The summed E-state index contributed by atoms with van der Waals surface area (Å²) in [5, 5.41) is 3.93. The van der Waals surface area contributed by atoms with E-state index >= 15 is 0 Å². The molecule has 0 aliphatic carbocycles. The van der Waals surface area contributed by atoms with E-state index in [9.17, 15) is 0 Å². The van der Waals surface area contributed by atoms with Crippen LogP contribution >= 0.6 is 0 Å². The Kier molecular flexibility index (Phi) is 3.40. The summed E-state index contributed by atoms with van der Waals surface area (Å²) in [4.78, 5) is 5.17. The number of hydrogen-bond acceptors (Lipinski definition) is 2. The van der Waals surface area contributed by atoms with Crippen LogP contribution in [0.3, 0.4) is 0 Å². The lowest BCUT2D eigenvalue weighted by Crippen LogP contribution is -2.16. The second-order valence-electron chi connectivity index (χ2n) is 3.38. The van der Waals surface area contributed by atoms with Crippen LogP contribution < -0.4 is 0 Å². The molecule has 0 saturated carbocycles. The lowest BCUT2D eigenvalue weighted by molar-refractivity contribution is 0.000514. The Labute approximate surface area is 63.3 Å². The minimum atomic E-state index is -0.156. The van der Waals surface area contributed by atoms with Gasteiger partial charge < -0.3 is 4.84 Å². The molecule has 0 aromatic heterocycles. The largest absolute Gasteiger partial charge is 0.390 e. The van der Waals surface area contributed by atoms with Crippen molar-refractivity contribution in [1.29, 1.82) is 0 Å². The zero-order valence-electron chi connectivity index (χ0n) is 7.56. The monoisotopic (exact) mass is 143 g/mol. The average Bonchev–Trinajstić information content (AvgIpc) is 1.81. The summed E-state index contributed by atoms with van der Waals surface area (Å²) in [5.74, 6) is 0. The van der Waals surface area contributed by atoms with Crippen LogP contribution in [-0.4, -0.2) is 11.3 Å². The molecule has 2 nitrogen and oxygen atoms in total. The molecule has 0 bridgehead atoms. The third-order valence-corrected chi connectivity index (χ3v) is 0.987. The SMILES string of the molecule is CCC(C)=NOC(C)(C)C. The molecule has 60 valence electrons. The van der Waals surface area contributed by atoms with Gasteiger partial charge in [-0.05, 0) is 34.1 Å². The summed E-state index contributed by atoms with van der Waals surface area (Å²) in [7, 11) is 0. The van der Waals surface area contributed by atoms with Gasteiger partial charge in [-0.3, -0.25) is 0 Å². The zero-order valence-corrected chi connectivity index (χ0v) is 7.56. The highest BCUT2D eigenvalue weighted by molar-refractivity contribution is 5.80. The molecule has 0 N–H and O–H groups in total. The second kappa shape index (κ2) is 3.59. The van der Waals surface area contributed by atoms with Crippen LogP contribution in [0.25, 0.3) is 0 Å². The van der Waals surface area contributed by atoms with Crippen molar-refractivity contribution in [2.24, 2.45) is 5.16 Å². The first-order valence-corrected chi connectivity index (χ1v) is 3.67. The maximum Gasteiger partial charge on any atom is 0.129 e. The van der Waals surface area contributed by atoms with Gasteiger partial charge in [-0.1, -0.05) is 12.1 Å². The lowest BCUT2D eigenvalue weighted by Gasteiger charge is -2.15. The van der Waals surface area contributed by atoms with Crippen LogP contribution in [0.1, 0.15) is 41.0 Å². The summed E-state index contributed by atoms with van der Waals surface area (Å²) >= 11 is 0. The Balaban J connectivity index is 3.73. The predicted molar refractivity (Wildman–Crippen MR) is 44.2 cm³/mol. The lowest BCUT2D eigenvalue weighted by atomic mass is 10.2. The van der Waals surface area contributed by atoms with Crippen LogP contribution in [-0.2, 0) is 4.84 Å². The van der Waals surface area contributed by atoms with Crippen molar-refractivity contribution in [3.8, 4) is 0 Å². The third kappa shape index (κ3) is 5.60. The molecule has 0 aromatic carbocycles. The molecule has 0 unspecified atom stereocenters. The van der Waals surface area contributed by atoms with Gasteiger partial charge in [-0.2, -0.15) is 0 Å². The van der Waals surface area contributed by atoms with Gasteiger partial charge in [-0.25, -0.2) is 0 Å². The molecule has 10 heavy (non-hydrogen) atoms. The van der Waals surface area contributed by atoms with E-state index < -0.39 is 0 Å². The molecule has 0 aliphatic rings. The fraction of sp³-hybridized carbons (Fsp3) is 0.875. The van der Waals surface area contributed by atoms with E-state index in [-0.39, 0.29) is 5.60 Å². The molecule has 0 heterocycles. The van der Waals surface area contributed by atoms with Crippen molar-refractivity contribution in [1.82, 2.24) is 0 Å². The van der Waals surface area contributed by atoms with Gasteiger partial charge >= 0.3 is 0 Å². The van der Waals surface area contributed by atoms with Crippen LogP contribution in [0.5, 0.6) is 0 Å². The molecular weight excluding hydrogens is 126 g/mol. The summed E-state index contributed by atoms with van der Waals surface area (Å²) in [5.41, 5.74) is 0.881. The summed E-state index contributed by atoms with van der Waals surface area (Å²) in [6.07, 6.45) is 0.954. The summed E-state index contributed by atoms with van der Waals surface area (Å²) < 4.78 is 0. The van der Waals surface area contributed by atoms with E-state index in [1.54, 1.807) is 0 Å². The van der Waals surface area contributed by atoms with Crippen LogP contribution in [0.2, 0.25) is 0 Å². The molecular formula is C8H17NO. The maximum atomic E-state index is 5.17. The van der Waals surface area contributed by atoms with Crippen LogP contribution in [0.4, 0.5) is 0 Å². The Morgan fingerprint density at radius 2 is 1.90 bits per heavy atom. The summed E-state index contributed by atoms with van der Waals surface area (Å²) in [6.45, 7) is 9.98. The quantitative estimate of drug-likeness (QED) is 0.430. The second-order valence-corrected chi connectivity index (χ2v) is 3.38.